The fourth-order valence-electron chi connectivity index (χ4n) is 3.15. The third kappa shape index (κ3) is 3.82. The lowest BCUT2D eigenvalue weighted by Gasteiger charge is -2.12. The van der Waals surface area contributed by atoms with E-state index in [1.54, 1.807) is 37.1 Å². The van der Waals surface area contributed by atoms with Crippen molar-refractivity contribution in [3.8, 4) is 0 Å². The maximum absolute atomic E-state index is 13.2. The molecular weight excluding hydrogens is 401 g/mol. The van der Waals surface area contributed by atoms with Crippen molar-refractivity contribution in [1.82, 2.24) is 24.4 Å². The molecule has 0 unspecified atom stereocenters. The number of carbonyl (C=O) groups is 1. The molecule has 0 fully saturated rings. The van der Waals surface area contributed by atoms with Crippen LogP contribution in [-0.2, 0) is 14.1 Å². The normalized spacial score (nSPS) is 12.7. The van der Waals surface area contributed by atoms with Crippen molar-refractivity contribution in [2.45, 2.75) is 0 Å². The molecule has 0 radical (unpaired) electrons. The largest absolute Gasteiger partial charge is 0.355 e. The standard InChI is InChI=1S/C21H20FN7O2/c1-23-19(30)14-10-24-21(25-13-6-4-12(22)5-7-13)27-18(14)26-15-11-29(3)16-8-9-28(2)20(31)17(15)16/h4-11H,1-3H3,(H,23,30)(H2,24,25,26,27)/i1D3. The van der Waals surface area contributed by atoms with Crippen LogP contribution in [0.1, 0.15) is 14.5 Å². The van der Waals surface area contributed by atoms with Gasteiger partial charge in [0, 0.05) is 49.5 Å². The number of anilines is 4. The van der Waals surface area contributed by atoms with Crippen molar-refractivity contribution in [1.29, 1.82) is 0 Å². The molecule has 0 aliphatic heterocycles. The highest BCUT2D eigenvalue weighted by molar-refractivity contribution is 6.01. The van der Waals surface area contributed by atoms with Gasteiger partial charge in [-0.2, -0.15) is 4.98 Å². The van der Waals surface area contributed by atoms with Gasteiger partial charge >= 0.3 is 0 Å². The van der Waals surface area contributed by atoms with Gasteiger partial charge in [-0.05, 0) is 30.3 Å². The van der Waals surface area contributed by atoms with Crippen molar-refractivity contribution < 1.29 is 13.3 Å². The number of carbonyl (C=O) groups excluding carboxylic acids is 1. The number of nitrogens with one attached hydrogen (secondary N) is 3. The fourth-order valence-corrected chi connectivity index (χ4v) is 3.15. The van der Waals surface area contributed by atoms with E-state index in [4.69, 9.17) is 4.11 Å². The molecule has 1 aromatic carbocycles. The Balaban J connectivity index is 1.79. The van der Waals surface area contributed by atoms with Crippen LogP contribution in [0.4, 0.5) is 27.5 Å². The SMILES string of the molecule is [2H]C([2H])([2H])NC(=O)c1cnc(Nc2ccc(F)cc2)nc1Nc1cn(C)c2ccn(C)c(=O)c12. The number of nitrogens with zero attached hydrogens (tertiary/aromatic N) is 4. The smallest absolute Gasteiger partial charge is 0.261 e. The van der Waals surface area contributed by atoms with Gasteiger partial charge in [-0.15, -0.1) is 0 Å². The van der Waals surface area contributed by atoms with Gasteiger partial charge in [-0.3, -0.25) is 9.59 Å². The van der Waals surface area contributed by atoms with E-state index in [9.17, 15) is 14.0 Å². The summed E-state index contributed by atoms with van der Waals surface area (Å²) in [6.45, 7) is -2.73. The monoisotopic (exact) mass is 424 g/mol. The summed E-state index contributed by atoms with van der Waals surface area (Å²) in [6.07, 6.45) is 4.46. The number of amides is 1. The van der Waals surface area contributed by atoms with Crippen LogP contribution >= 0.6 is 0 Å². The Morgan fingerprint density at radius 3 is 2.65 bits per heavy atom. The second-order valence-electron chi connectivity index (χ2n) is 6.81. The van der Waals surface area contributed by atoms with Crippen LogP contribution in [0.2, 0.25) is 0 Å². The molecule has 0 saturated carbocycles. The maximum Gasteiger partial charge on any atom is 0.261 e. The van der Waals surface area contributed by atoms with Crippen LogP contribution in [0, 0.1) is 5.82 Å². The predicted octanol–water partition coefficient (Wildman–Crippen LogP) is 2.65. The van der Waals surface area contributed by atoms with Crippen molar-refractivity contribution >= 4 is 40.0 Å². The summed E-state index contributed by atoms with van der Waals surface area (Å²) >= 11 is 0. The first-order valence-corrected chi connectivity index (χ1v) is 9.16. The van der Waals surface area contributed by atoms with E-state index in [1.807, 2.05) is 5.32 Å². The third-order valence-corrected chi connectivity index (χ3v) is 4.72. The number of hydrogen-bond acceptors (Lipinski definition) is 6. The highest BCUT2D eigenvalue weighted by Gasteiger charge is 2.18. The number of aromatic nitrogens is 4. The first-order valence-electron chi connectivity index (χ1n) is 10.7. The zero-order chi connectivity index (χ0) is 24.6. The van der Waals surface area contributed by atoms with Crippen LogP contribution in [-0.4, -0.2) is 32.0 Å². The number of pyridine rings is 1. The molecular formula is C21H20FN7O2. The molecule has 0 spiro atoms. The van der Waals surface area contributed by atoms with E-state index in [0.29, 0.717) is 22.3 Å². The van der Waals surface area contributed by atoms with Crippen LogP contribution in [0.15, 0.2) is 53.7 Å². The number of fused-ring (bicyclic) bond motifs is 1. The second-order valence-corrected chi connectivity index (χ2v) is 6.81. The van der Waals surface area contributed by atoms with Gasteiger partial charge in [0.15, 0.2) is 0 Å². The molecule has 10 heteroatoms. The molecule has 4 rings (SSSR count). The molecule has 0 aliphatic carbocycles. The number of rotatable bonds is 5. The van der Waals surface area contributed by atoms with E-state index >= 15 is 0 Å². The van der Waals surface area contributed by atoms with Gasteiger partial charge < -0.3 is 25.1 Å². The van der Waals surface area contributed by atoms with Crippen molar-refractivity contribution in [2.24, 2.45) is 14.1 Å². The molecule has 0 bridgehead atoms. The zero-order valence-corrected chi connectivity index (χ0v) is 16.6. The fraction of sp³-hybridized carbons (Fsp3) is 0.143. The van der Waals surface area contributed by atoms with Gasteiger partial charge in [-0.1, -0.05) is 0 Å². The lowest BCUT2D eigenvalue weighted by Crippen LogP contribution is -2.21. The van der Waals surface area contributed by atoms with Gasteiger partial charge in [0.05, 0.1) is 16.6 Å². The topological polar surface area (TPSA) is 106 Å². The van der Waals surface area contributed by atoms with E-state index < -0.39 is 18.7 Å². The molecule has 9 nitrogen and oxygen atoms in total. The molecule has 3 N–H and O–H groups in total. The molecule has 4 aromatic rings. The number of benzene rings is 1. The molecule has 3 aromatic heterocycles. The van der Waals surface area contributed by atoms with E-state index in [0.717, 1.165) is 6.20 Å². The van der Waals surface area contributed by atoms with Gasteiger partial charge in [0.2, 0.25) is 5.95 Å². The Bertz CT molecular complexity index is 1450. The van der Waals surface area contributed by atoms with Crippen molar-refractivity contribution in [2.75, 3.05) is 17.6 Å². The van der Waals surface area contributed by atoms with Gasteiger partial charge in [0.25, 0.3) is 11.5 Å². The van der Waals surface area contributed by atoms with Crippen molar-refractivity contribution in [3.63, 3.8) is 0 Å². The van der Waals surface area contributed by atoms with Crippen LogP contribution in [0.3, 0.4) is 0 Å². The lowest BCUT2D eigenvalue weighted by atomic mass is 10.2. The summed E-state index contributed by atoms with van der Waals surface area (Å²) in [4.78, 5) is 33.8. The third-order valence-electron chi connectivity index (χ3n) is 4.72. The summed E-state index contributed by atoms with van der Waals surface area (Å²) < 4.78 is 38.3. The minimum atomic E-state index is -2.73. The minimum absolute atomic E-state index is 0.0280. The number of hydrogen-bond donors (Lipinski definition) is 3. The first-order chi connectivity index (χ1) is 16.0. The molecule has 0 aliphatic rings. The average Bonchev–Trinajstić information content (AvgIpc) is 3.07. The Morgan fingerprint density at radius 2 is 1.90 bits per heavy atom. The average molecular weight is 424 g/mol. The number of aryl methyl sites for hydroxylation is 2. The Morgan fingerprint density at radius 1 is 1.13 bits per heavy atom. The summed E-state index contributed by atoms with van der Waals surface area (Å²) in [6, 6.07) is 7.24. The summed E-state index contributed by atoms with van der Waals surface area (Å²) in [7, 11) is 3.37. The van der Waals surface area contributed by atoms with E-state index in [-0.39, 0.29) is 22.9 Å². The maximum atomic E-state index is 13.2. The quantitative estimate of drug-likeness (QED) is 0.455. The lowest BCUT2D eigenvalue weighted by molar-refractivity contribution is 0.0963. The predicted molar refractivity (Wildman–Crippen MR) is 117 cm³/mol. The van der Waals surface area contributed by atoms with Crippen LogP contribution in [0.25, 0.3) is 10.9 Å². The first kappa shape index (κ1) is 16.6. The van der Waals surface area contributed by atoms with Gasteiger partial charge in [0.1, 0.15) is 17.2 Å². The summed E-state index contributed by atoms with van der Waals surface area (Å²) in [5.74, 6) is -1.31. The van der Waals surface area contributed by atoms with E-state index in [2.05, 4.69) is 20.6 Å². The molecule has 0 atom stereocenters. The number of halogens is 1. The molecule has 3 heterocycles. The van der Waals surface area contributed by atoms with Crippen molar-refractivity contribution in [3.05, 3.63) is 70.7 Å². The van der Waals surface area contributed by atoms with Crippen LogP contribution < -0.4 is 21.5 Å². The summed E-state index contributed by atoms with van der Waals surface area (Å²) in [5, 5.41) is 8.14. The highest BCUT2D eigenvalue weighted by atomic mass is 19.1. The molecule has 0 saturated heterocycles. The highest BCUT2D eigenvalue weighted by Crippen LogP contribution is 2.27. The summed E-state index contributed by atoms with van der Waals surface area (Å²) in [5.41, 5.74) is 1.09. The minimum Gasteiger partial charge on any atom is -0.355 e. The molecule has 31 heavy (non-hydrogen) atoms. The Hall–Kier alpha value is -4.21. The Kier molecular flexibility index (Phi) is 4.22. The second kappa shape index (κ2) is 7.90. The zero-order valence-electron chi connectivity index (χ0n) is 19.6. The molecule has 1 amide bonds. The van der Waals surface area contributed by atoms with Crippen LogP contribution in [0.5, 0.6) is 0 Å². The molecule has 158 valence electrons. The Labute approximate surface area is 180 Å². The van der Waals surface area contributed by atoms with E-state index in [1.165, 1.54) is 28.8 Å². The van der Waals surface area contributed by atoms with Gasteiger partial charge in [-0.25, -0.2) is 9.37 Å².